The normalized spacial score (nSPS) is 10.9. The maximum atomic E-state index is 13.5. The van der Waals surface area contributed by atoms with Crippen molar-refractivity contribution in [2.75, 3.05) is 13.1 Å². The summed E-state index contributed by atoms with van der Waals surface area (Å²) in [5.74, 6) is -0.0502. The van der Waals surface area contributed by atoms with Crippen molar-refractivity contribution in [1.29, 1.82) is 0 Å². The van der Waals surface area contributed by atoms with E-state index >= 15 is 0 Å². The van der Waals surface area contributed by atoms with Gasteiger partial charge in [-0.05, 0) is 69.3 Å². The van der Waals surface area contributed by atoms with Crippen LogP contribution in [0.4, 0.5) is 4.39 Å². The van der Waals surface area contributed by atoms with Gasteiger partial charge in [0.25, 0.3) is 0 Å². The second-order valence-corrected chi connectivity index (χ2v) is 5.46. The first-order valence-corrected chi connectivity index (χ1v) is 7.61. The number of rotatable bonds is 9. The average Bonchev–Trinajstić information content (AvgIpc) is 2.39. The van der Waals surface area contributed by atoms with E-state index in [1.54, 1.807) is 0 Å². The molecule has 0 aliphatic rings. The average molecular weight is 265 g/mol. The van der Waals surface area contributed by atoms with Gasteiger partial charge in [-0.25, -0.2) is 4.39 Å². The van der Waals surface area contributed by atoms with Crippen molar-refractivity contribution in [3.63, 3.8) is 0 Å². The predicted octanol–water partition coefficient (Wildman–Crippen LogP) is 4.55. The highest BCUT2D eigenvalue weighted by Crippen LogP contribution is 2.16. The van der Waals surface area contributed by atoms with E-state index in [4.69, 9.17) is 0 Å². The van der Waals surface area contributed by atoms with Crippen molar-refractivity contribution >= 4 is 0 Å². The molecule has 0 unspecified atom stereocenters. The summed E-state index contributed by atoms with van der Waals surface area (Å²) in [6, 6.07) is 3.98. The summed E-state index contributed by atoms with van der Waals surface area (Å²) in [5.41, 5.74) is 2.83. The van der Waals surface area contributed by atoms with Crippen molar-refractivity contribution in [1.82, 2.24) is 5.32 Å². The Morgan fingerprint density at radius 3 is 2.21 bits per heavy atom. The number of nitrogens with one attached hydrogen (secondary N) is 1. The van der Waals surface area contributed by atoms with Gasteiger partial charge < -0.3 is 5.32 Å². The molecule has 0 aromatic heterocycles. The minimum absolute atomic E-state index is 0.0502. The fourth-order valence-corrected chi connectivity index (χ4v) is 2.41. The Labute approximate surface area is 117 Å². The number of halogens is 1. The van der Waals surface area contributed by atoms with Gasteiger partial charge in [-0.2, -0.15) is 0 Å². The van der Waals surface area contributed by atoms with Crippen molar-refractivity contribution in [3.8, 4) is 0 Å². The van der Waals surface area contributed by atoms with Crippen LogP contribution in [0, 0.1) is 19.7 Å². The Hall–Kier alpha value is -0.890. The summed E-state index contributed by atoms with van der Waals surface area (Å²) in [6.07, 6.45) is 7.31. The molecule has 0 aliphatic heterocycles. The zero-order chi connectivity index (χ0) is 14.1. The van der Waals surface area contributed by atoms with Crippen LogP contribution in [0.3, 0.4) is 0 Å². The highest BCUT2D eigenvalue weighted by molar-refractivity contribution is 5.30. The van der Waals surface area contributed by atoms with Crippen LogP contribution in [0.1, 0.15) is 55.7 Å². The van der Waals surface area contributed by atoms with E-state index in [0.29, 0.717) is 0 Å². The molecule has 0 spiro atoms. The lowest BCUT2D eigenvalue weighted by Crippen LogP contribution is -2.15. The van der Waals surface area contributed by atoms with Gasteiger partial charge in [0.05, 0.1) is 0 Å². The lowest BCUT2D eigenvalue weighted by Gasteiger charge is -2.07. The molecule has 0 saturated carbocycles. The molecule has 0 fully saturated rings. The molecule has 108 valence electrons. The first-order valence-electron chi connectivity index (χ1n) is 7.61. The van der Waals surface area contributed by atoms with E-state index in [0.717, 1.165) is 30.6 Å². The summed E-state index contributed by atoms with van der Waals surface area (Å²) in [6.45, 7) is 8.17. The third-order valence-electron chi connectivity index (χ3n) is 3.49. The Morgan fingerprint density at radius 2 is 1.58 bits per heavy atom. The molecule has 0 atom stereocenters. The van der Waals surface area contributed by atoms with E-state index in [1.165, 1.54) is 37.7 Å². The standard InChI is InChI=1S/C17H28FN/c1-4-10-19-11-8-6-5-7-9-16-12-14(2)17(18)15(3)13-16/h12-13,19H,4-11H2,1-3H3. The molecule has 0 aliphatic carbocycles. The summed E-state index contributed by atoms with van der Waals surface area (Å²) >= 11 is 0. The number of aryl methyl sites for hydroxylation is 3. The lowest BCUT2D eigenvalue weighted by atomic mass is 10.0. The Morgan fingerprint density at radius 1 is 0.947 bits per heavy atom. The van der Waals surface area contributed by atoms with Crippen LogP contribution in [0.15, 0.2) is 12.1 Å². The summed E-state index contributed by atoms with van der Waals surface area (Å²) in [7, 11) is 0. The number of benzene rings is 1. The molecular weight excluding hydrogens is 237 g/mol. The molecule has 1 aromatic rings. The van der Waals surface area contributed by atoms with Crippen molar-refractivity contribution in [2.45, 2.75) is 59.3 Å². The van der Waals surface area contributed by atoms with E-state index in [-0.39, 0.29) is 5.82 Å². The number of unbranched alkanes of at least 4 members (excludes halogenated alkanes) is 3. The second-order valence-electron chi connectivity index (χ2n) is 5.46. The lowest BCUT2D eigenvalue weighted by molar-refractivity contribution is 0.583. The first kappa shape index (κ1) is 16.2. The molecular formula is C17H28FN. The quantitative estimate of drug-likeness (QED) is 0.646. The van der Waals surface area contributed by atoms with Gasteiger partial charge in [-0.1, -0.05) is 31.9 Å². The first-order chi connectivity index (χ1) is 9.15. The molecule has 0 saturated heterocycles. The monoisotopic (exact) mass is 265 g/mol. The minimum Gasteiger partial charge on any atom is -0.317 e. The summed E-state index contributed by atoms with van der Waals surface area (Å²) in [4.78, 5) is 0. The van der Waals surface area contributed by atoms with E-state index in [9.17, 15) is 4.39 Å². The van der Waals surface area contributed by atoms with Crippen molar-refractivity contribution in [2.24, 2.45) is 0 Å². The summed E-state index contributed by atoms with van der Waals surface area (Å²) in [5, 5.41) is 3.42. The number of hydrogen-bond acceptors (Lipinski definition) is 1. The minimum atomic E-state index is -0.0502. The van der Waals surface area contributed by atoms with Crippen LogP contribution in [0.2, 0.25) is 0 Å². The van der Waals surface area contributed by atoms with Crippen LogP contribution < -0.4 is 5.32 Å². The van der Waals surface area contributed by atoms with Gasteiger partial charge in [-0.15, -0.1) is 0 Å². The molecule has 1 nitrogen and oxygen atoms in total. The molecule has 1 rings (SSSR count). The van der Waals surface area contributed by atoms with Crippen LogP contribution in [0.25, 0.3) is 0 Å². The highest BCUT2D eigenvalue weighted by atomic mass is 19.1. The third kappa shape index (κ3) is 6.20. The molecule has 0 bridgehead atoms. The molecule has 0 heterocycles. The second kappa shape index (κ2) is 9.08. The van der Waals surface area contributed by atoms with Gasteiger partial charge in [0.1, 0.15) is 5.82 Å². The van der Waals surface area contributed by atoms with Crippen LogP contribution in [-0.2, 0) is 6.42 Å². The maximum Gasteiger partial charge on any atom is 0.129 e. The molecule has 1 aromatic carbocycles. The SMILES string of the molecule is CCCNCCCCCCc1cc(C)c(F)c(C)c1. The van der Waals surface area contributed by atoms with Gasteiger partial charge in [0.2, 0.25) is 0 Å². The smallest absolute Gasteiger partial charge is 0.129 e. The largest absolute Gasteiger partial charge is 0.317 e. The van der Waals surface area contributed by atoms with E-state index in [2.05, 4.69) is 12.2 Å². The fourth-order valence-electron chi connectivity index (χ4n) is 2.41. The zero-order valence-corrected chi connectivity index (χ0v) is 12.7. The van der Waals surface area contributed by atoms with Crippen LogP contribution in [-0.4, -0.2) is 13.1 Å². The Balaban J connectivity index is 2.16. The highest BCUT2D eigenvalue weighted by Gasteiger charge is 2.03. The van der Waals surface area contributed by atoms with Crippen molar-refractivity contribution < 1.29 is 4.39 Å². The zero-order valence-electron chi connectivity index (χ0n) is 12.7. The van der Waals surface area contributed by atoms with Gasteiger partial charge >= 0.3 is 0 Å². The van der Waals surface area contributed by atoms with Crippen LogP contribution in [0.5, 0.6) is 0 Å². The van der Waals surface area contributed by atoms with Gasteiger partial charge in [0, 0.05) is 0 Å². The maximum absolute atomic E-state index is 13.5. The van der Waals surface area contributed by atoms with Crippen LogP contribution >= 0.6 is 0 Å². The van der Waals surface area contributed by atoms with Gasteiger partial charge in [-0.3, -0.25) is 0 Å². The molecule has 2 heteroatoms. The molecule has 0 amide bonds. The van der Waals surface area contributed by atoms with Crippen molar-refractivity contribution in [3.05, 3.63) is 34.6 Å². The molecule has 1 N–H and O–H groups in total. The molecule has 19 heavy (non-hydrogen) atoms. The van der Waals surface area contributed by atoms with E-state index < -0.39 is 0 Å². The summed E-state index contributed by atoms with van der Waals surface area (Å²) < 4.78 is 13.5. The topological polar surface area (TPSA) is 12.0 Å². The van der Waals surface area contributed by atoms with Gasteiger partial charge in [0.15, 0.2) is 0 Å². The fraction of sp³-hybridized carbons (Fsp3) is 0.647. The molecule has 0 radical (unpaired) electrons. The Bertz CT molecular complexity index is 351. The Kier molecular flexibility index (Phi) is 7.73. The third-order valence-corrected chi connectivity index (χ3v) is 3.49. The number of hydrogen-bond donors (Lipinski definition) is 1. The van der Waals surface area contributed by atoms with E-state index in [1.807, 2.05) is 26.0 Å². The predicted molar refractivity (Wildman–Crippen MR) is 81.2 cm³/mol.